The Morgan fingerprint density at radius 1 is 1.30 bits per heavy atom. The number of amides is 1. The molecule has 1 aliphatic carbocycles. The Morgan fingerprint density at radius 3 is 2.55 bits per heavy atom. The SMILES string of the molecule is CCN(C(=O)c1cccc(O)c1O)C1CCC(N)CC1. The van der Waals surface area contributed by atoms with E-state index in [4.69, 9.17) is 5.73 Å². The third-order valence-corrected chi connectivity index (χ3v) is 4.03. The monoisotopic (exact) mass is 278 g/mol. The second-order valence-electron chi connectivity index (χ2n) is 5.33. The summed E-state index contributed by atoms with van der Waals surface area (Å²) in [5.74, 6) is -0.845. The van der Waals surface area contributed by atoms with E-state index in [1.165, 1.54) is 12.1 Å². The van der Waals surface area contributed by atoms with E-state index >= 15 is 0 Å². The van der Waals surface area contributed by atoms with Crippen LogP contribution in [-0.4, -0.2) is 39.6 Å². The maximum absolute atomic E-state index is 12.6. The number of hydrogen-bond donors (Lipinski definition) is 3. The molecule has 0 saturated heterocycles. The van der Waals surface area contributed by atoms with Gasteiger partial charge in [0.25, 0.3) is 5.91 Å². The quantitative estimate of drug-likeness (QED) is 0.736. The number of benzene rings is 1. The van der Waals surface area contributed by atoms with Crippen molar-refractivity contribution in [2.45, 2.75) is 44.7 Å². The van der Waals surface area contributed by atoms with Gasteiger partial charge in [-0.25, -0.2) is 0 Å². The minimum Gasteiger partial charge on any atom is -0.504 e. The summed E-state index contributed by atoms with van der Waals surface area (Å²) in [4.78, 5) is 14.3. The van der Waals surface area contributed by atoms with Crippen LogP contribution in [0.15, 0.2) is 18.2 Å². The number of aromatic hydroxyl groups is 2. The highest BCUT2D eigenvalue weighted by molar-refractivity contribution is 5.97. The lowest BCUT2D eigenvalue weighted by atomic mass is 9.90. The average molecular weight is 278 g/mol. The van der Waals surface area contributed by atoms with Gasteiger partial charge >= 0.3 is 0 Å². The molecule has 5 nitrogen and oxygen atoms in total. The molecule has 1 amide bonds. The van der Waals surface area contributed by atoms with Gasteiger partial charge in [-0.1, -0.05) is 6.07 Å². The van der Waals surface area contributed by atoms with Crippen LogP contribution in [0.3, 0.4) is 0 Å². The first-order valence-corrected chi connectivity index (χ1v) is 7.12. The van der Waals surface area contributed by atoms with E-state index in [-0.39, 0.29) is 35.1 Å². The maximum Gasteiger partial charge on any atom is 0.257 e. The fourth-order valence-corrected chi connectivity index (χ4v) is 2.84. The zero-order valence-electron chi connectivity index (χ0n) is 11.7. The summed E-state index contributed by atoms with van der Waals surface area (Å²) >= 11 is 0. The van der Waals surface area contributed by atoms with Gasteiger partial charge in [0.2, 0.25) is 0 Å². The van der Waals surface area contributed by atoms with Gasteiger partial charge in [-0.05, 0) is 44.7 Å². The minimum absolute atomic E-state index is 0.154. The van der Waals surface area contributed by atoms with Crippen molar-refractivity contribution in [2.24, 2.45) is 5.73 Å². The molecule has 0 spiro atoms. The highest BCUT2D eigenvalue weighted by atomic mass is 16.3. The molecule has 0 radical (unpaired) electrons. The standard InChI is InChI=1S/C15H22N2O3/c1-2-17(11-8-6-10(16)7-9-11)15(20)12-4-3-5-13(18)14(12)19/h3-5,10-11,18-19H,2,6-9,16H2,1H3. The molecule has 0 aliphatic heterocycles. The van der Waals surface area contributed by atoms with Gasteiger partial charge in [-0.3, -0.25) is 4.79 Å². The molecule has 0 heterocycles. The largest absolute Gasteiger partial charge is 0.504 e. The van der Waals surface area contributed by atoms with Gasteiger partial charge in [0.1, 0.15) is 0 Å². The molecule has 110 valence electrons. The molecule has 0 atom stereocenters. The van der Waals surface area contributed by atoms with Crippen molar-refractivity contribution in [3.8, 4) is 11.5 Å². The molecule has 1 fully saturated rings. The van der Waals surface area contributed by atoms with Crippen LogP contribution in [-0.2, 0) is 0 Å². The average Bonchev–Trinajstić information content (AvgIpc) is 2.44. The molecule has 0 unspecified atom stereocenters. The fourth-order valence-electron chi connectivity index (χ4n) is 2.84. The normalized spacial score (nSPS) is 22.5. The number of phenols is 2. The van der Waals surface area contributed by atoms with Crippen LogP contribution in [0.5, 0.6) is 11.5 Å². The highest BCUT2D eigenvalue weighted by Gasteiger charge is 2.28. The van der Waals surface area contributed by atoms with E-state index in [1.807, 2.05) is 6.92 Å². The summed E-state index contributed by atoms with van der Waals surface area (Å²) in [6.07, 6.45) is 3.61. The summed E-state index contributed by atoms with van der Waals surface area (Å²) in [5.41, 5.74) is 6.05. The van der Waals surface area contributed by atoms with E-state index < -0.39 is 0 Å². The first kappa shape index (κ1) is 14.7. The van der Waals surface area contributed by atoms with Gasteiger partial charge in [-0.15, -0.1) is 0 Å². The summed E-state index contributed by atoms with van der Waals surface area (Å²) in [7, 11) is 0. The molecule has 1 aliphatic rings. The van der Waals surface area contributed by atoms with E-state index in [0.717, 1.165) is 25.7 Å². The molecule has 0 bridgehead atoms. The number of hydrogen-bond acceptors (Lipinski definition) is 4. The van der Waals surface area contributed by atoms with Crippen molar-refractivity contribution >= 4 is 5.91 Å². The Labute approximate surface area is 119 Å². The first-order valence-electron chi connectivity index (χ1n) is 7.12. The number of carbonyl (C=O) groups is 1. The molecule has 1 aromatic rings. The number of nitrogens with zero attached hydrogens (tertiary/aromatic N) is 1. The summed E-state index contributed by atoms with van der Waals surface area (Å²) < 4.78 is 0. The van der Waals surface area contributed by atoms with Crippen LogP contribution in [0.4, 0.5) is 0 Å². The number of carbonyl (C=O) groups excluding carboxylic acids is 1. The van der Waals surface area contributed by atoms with Crippen molar-refractivity contribution in [1.82, 2.24) is 4.90 Å². The topological polar surface area (TPSA) is 86.8 Å². The molecule has 5 heteroatoms. The third kappa shape index (κ3) is 2.88. The summed E-state index contributed by atoms with van der Waals surface area (Å²) in [5, 5.41) is 19.3. The molecular formula is C15H22N2O3. The van der Waals surface area contributed by atoms with E-state index in [1.54, 1.807) is 11.0 Å². The van der Waals surface area contributed by atoms with Crippen LogP contribution in [0.1, 0.15) is 43.0 Å². The van der Waals surface area contributed by atoms with Gasteiger partial charge in [0, 0.05) is 18.6 Å². The second-order valence-corrected chi connectivity index (χ2v) is 5.33. The lowest BCUT2D eigenvalue weighted by molar-refractivity contribution is 0.0637. The first-order chi connectivity index (χ1) is 9.54. The van der Waals surface area contributed by atoms with Crippen LogP contribution >= 0.6 is 0 Å². The van der Waals surface area contributed by atoms with Crippen molar-refractivity contribution < 1.29 is 15.0 Å². The Hall–Kier alpha value is -1.75. The lowest BCUT2D eigenvalue weighted by Gasteiger charge is -2.35. The van der Waals surface area contributed by atoms with E-state index in [0.29, 0.717) is 6.54 Å². The highest BCUT2D eigenvalue weighted by Crippen LogP contribution is 2.31. The van der Waals surface area contributed by atoms with Gasteiger partial charge in [0.05, 0.1) is 5.56 Å². The zero-order chi connectivity index (χ0) is 14.7. The van der Waals surface area contributed by atoms with Crippen LogP contribution in [0.2, 0.25) is 0 Å². The number of para-hydroxylation sites is 1. The van der Waals surface area contributed by atoms with Crippen molar-refractivity contribution in [3.05, 3.63) is 23.8 Å². The molecule has 0 aromatic heterocycles. The number of nitrogens with two attached hydrogens (primary N) is 1. The van der Waals surface area contributed by atoms with Crippen LogP contribution in [0.25, 0.3) is 0 Å². The Morgan fingerprint density at radius 2 is 1.95 bits per heavy atom. The number of rotatable bonds is 3. The van der Waals surface area contributed by atoms with Crippen LogP contribution < -0.4 is 5.73 Å². The predicted molar refractivity (Wildman–Crippen MR) is 76.7 cm³/mol. The van der Waals surface area contributed by atoms with E-state index in [2.05, 4.69) is 0 Å². The van der Waals surface area contributed by atoms with Crippen molar-refractivity contribution in [3.63, 3.8) is 0 Å². The molecule has 4 N–H and O–H groups in total. The van der Waals surface area contributed by atoms with Gasteiger partial charge in [0.15, 0.2) is 11.5 Å². The van der Waals surface area contributed by atoms with Gasteiger partial charge < -0.3 is 20.8 Å². The Balaban J connectivity index is 2.19. The smallest absolute Gasteiger partial charge is 0.257 e. The lowest BCUT2D eigenvalue weighted by Crippen LogP contribution is -2.44. The predicted octanol–water partition coefficient (Wildman–Crippen LogP) is 1.83. The maximum atomic E-state index is 12.6. The fraction of sp³-hybridized carbons (Fsp3) is 0.533. The Kier molecular flexibility index (Phi) is 4.49. The third-order valence-electron chi connectivity index (χ3n) is 4.03. The molecule has 20 heavy (non-hydrogen) atoms. The van der Waals surface area contributed by atoms with Gasteiger partial charge in [-0.2, -0.15) is 0 Å². The molecule has 1 aromatic carbocycles. The van der Waals surface area contributed by atoms with Crippen molar-refractivity contribution in [2.75, 3.05) is 6.54 Å². The van der Waals surface area contributed by atoms with Crippen molar-refractivity contribution in [1.29, 1.82) is 0 Å². The number of phenolic OH excluding ortho intramolecular Hbond substituents is 2. The Bertz CT molecular complexity index is 482. The summed E-state index contributed by atoms with van der Waals surface area (Å²) in [6.45, 7) is 2.50. The summed E-state index contributed by atoms with van der Waals surface area (Å²) in [6, 6.07) is 4.85. The molecule has 2 rings (SSSR count). The molecule has 1 saturated carbocycles. The minimum atomic E-state index is -0.344. The second kappa shape index (κ2) is 6.13. The zero-order valence-corrected chi connectivity index (χ0v) is 11.7. The van der Waals surface area contributed by atoms with E-state index in [9.17, 15) is 15.0 Å². The van der Waals surface area contributed by atoms with Crippen LogP contribution in [0, 0.1) is 0 Å². The molecular weight excluding hydrogens is 256 g/mol.